The standard InChI is InChI=1S/C18H29NO/c1-5-15-6-8-16(9-7-15)19-18-11-10-17(12-14(18)4)20-13(2)3/h10-13,15-16,19H,5-9H2,1-4H3. The molecule has 1 saturated carbocycles. The van der Waals surface area contributed by atoms with E-state index in [0.717, 1.165) is 11.7 Å². The fourth-order valence-electron chi connectivity index (χ4n) is 3.08. The summed E-state index contributed by atoms with van der Waals surface area (Å²) in [6.45, 7) is 8.60. The first-order valence-electron chi connectivity index (χ1n) is 8.12. The maximum absolute atomic E-state index is 5.74. The topological polar surface area (TPSA) is 21.3 Å². The summed E-state index contributed by atoms with van der Waals surface area (Å²) in [7, 11) is 0. The van der Waals surface area contributed by atoms with E-state index < -0.39 is 0 Å². The van der Waals surface area contributed by atoms with Gasteiger partial charge in [0.15, 0.2) is 0 Å². The molecule has 1 aromatic rings. The Morgan fingerprint density at radius 2 is 1.90 bits per heavy atom. The second kappa shape index (κ2) is 7.01. The minimum Gasteiger partial charge on any atom is -0.491 e. The van der Waals surface area contributed by atoms with E-state index in [-0.39, 0.29) is 6.10 Å². The molecule has 0 aromatic heterocycles. The summed E-state index contributed by atoms with van der Waals surface area (Å²) in [4.78, 5) is 0. The number of hydrogen-bond donors (Lipinski definition) is 1. The van der Waals surface area contributed by atoms with E-state index in [1.54, 1.807) is 0 Å². The lowest BCUT2D eigenvalue weighted by atomic mass is 9.84. The summed E-state index contributed by atoms with van der Waals surface area (Å²) in [5.41, 5.74) is 2.54. The van der Waals surface area contributed by atoms with E-state index in [9.17, 15) is 0 Å². The molecular weight excluding hydrogens is 246 g/mol. The van der Waals surface area contributed by atoms with Crippen molar-refractivity contribution in [1.29, 1.82) is 0 Å². The number of nitrogens with one attached hydrogen (secondary N) is 1. The summed E-state index contributed by atoms with van der Waals surface area (Å²) in [6.07, 6.45) is 6.94. The van der Waals surface area contributed by atoms with Crippen molar-refractivity contribution in [2.24, 2.45) is 5.92 Å². The molecule has 1 aliphatic rings. The van der Waals surface area contributed by atoms with E-state index >= 15 is 0 Å². The summed E-state index contributed by atoms with van der Waals surface area (Å²) >= 11 is 0. The predicted molar refractivity (Wildman–Crippen MR) is 86.6 cm³/mol. The highest BCUT2D eigenvalue weighted by atomic mass is 16.5. The highest BCUT2D eigenvalue weighted by molar-refractivity contribution is 5.54. The molecule has 0 aliphatic heterocycles. The smallest absolute Gasteiger partial charge is 0.120 e. The van der Waals surface area contributed by atoms with E-state index in [1.807, 2.05) is 0 Å². The first kappa shape index (κ1) is 15.2. The van der Waals surface area contributed by atoms with Gasteiger partial charge in [-0.2, -0.15) is 0 Å². The van der Waals surface area contributed by atoms with Gasteiger partial charge in [-0.3, -0.25) is 0 Å². The molecule has 2 rings (SSSR count). The third-order valence-corrected chi connectivity index (χ3v) is 4.35. The third-order valence-electron chi connectivity index (χ3n) is 4.35. The lowest BCUT2D eigenvalue weighted by Crippen LogP contribution is -2.26. The molecule has 1 aromatic carbocycles. The van der Waals surface area contributed by atoms with Crippen LogP contribution in [-0.2, 0) is 0 Å². The summed E-state index contributed by atoms with van der Waals surface area (Å²) < 4.78 is 5.74. The molecule has 0 heterocycles. The molecule has 2 nitrogen and oxygen atoms in total. The Kier molecular flexibility index (Phi) is 5.33. The second-order valence-corrected chi connectivity index (χ2v) is 6.41. The number of aryl methyl sites for hydroxylation is 1. The molecule has 1 aliphatic carbocycles. The Hall–Kier alpha value is -1.18. The van der Waals surface area contributed by atoms with Crippen molar-refractivity contribution < 1.29 is 4.74 Å². The number of rotatable bonds is 5. The molecule has 0 spiro atoms. The predicted octanol–water partition coefficient (Wildman–Crippen LogP) is 5.16. The second-order valence-electron chi connectivity index (χ2n) is 6.41. The molecule has 20 heavy (non-hydrogen) atoms. The molecule has 0 unspecified atom stereocenters. The van der Waals surface area contributed by atoms with Crippen molar-refractivity contribution in [3.05, 3.63) is 23.8 Å². The monoisotopic (exact) mass is 275 g/mol. The SMILES string of the molecule is CCC1CCC(Nc2ccc(OC(C)C)cc2C)CC1. The van der Waals surface area contributed by atoms with Crippen LogP contribution >= 0.6 is 0 Å². The molecule has 2 heteroatoms. The first-order valence-corrected chi connectivity index (χ1v) is 8.12. The van der Waals surface area contributed by atoms with Gasteiger partial charge < -0.3 is 10.1 Å². The maximum Gasteiger partial charge on any atom is 0.120 e. The van der Waals surface area contributed by atoms with Crippen LogP contribution in [-0.4, -0.2) is 12.1 Å². The van der Waals surface area contributed by atoms with Gasteiger partial charge in [0.25, 0.3) is 0 Å². The van der Waals surface area contributed by atoms with Crippen LogP contribution in [0.1, 0.15) is 58.4 Å². The zero-order valence-electron chi connectivity index (χ0n) is 13.4. The highest BCUT2D eigenvalue weighted by Crippen LogP contribution is 2.30. The number of benzene rings is 1. The van der Waals surface area contributed by atoms with E-state index in [1.165, 1.54) is 43.4 Å². The van der Waals surface area contributed by atoms with Gasteiger partial charge in [-0.25, -0.2) is 0 Å². The van der Waals surface area contributed by atoms with Crippen molar-refractivity contribution in [2.45, 2.75) is 71.9 Å². The molecule has 0 amide bonds. The summed E-state index contributed by atoms with van der Waals surface area (Å²) in [5.74, 6) is 1.92. The van der Waals surface area contributed by atoms with Crippen LogP contribution in [0, 0.1) is 12.8 Å². The van der Waals surface area contributed by atoms with Gasteiger partial charge in [0.05, 0.1) is 6.10 Å². The fraction of sp³-hybridized carbons (Fsp3) is 0.667. The number of hydrogen-bond acceptors (Lipinski definition) is 2. The van der Waals surface area contributed by atoms with Crippen LogP contribution < -0.4 is 10.1 Å². The van der Waals surface area contributed by atoms with Gasteiger partial charge in [0.2, 0.25) is 0 Å². The number of ether oxygens (including phenoxy) is 1. The average Bonchev–Trinajstić information content (AvgIpc) is 2.42. The maximum atomic E-state index is 5.74. The fourth-order valence-corrected chi connectivity index (χ4v) is 3.08. The third kappa shape index (κ3) is 4.16. The van der Waals surface area contributed by atoms with Crippen molar-refractivity contribution in [2.75, 3.05) is 5.32 Å². The molecule has 1 fully saturated rings. The minimum atomic E-state index is 0.234. The summed E-state index contributed by atoms with van der Waals surface area (Å²) in [6, 6.07) is 7.03. The van der Waals surface area contributed by atoms with Crippen LogP contribution in [0.3, 0.4) is 0 Å². The van der Waals surface area contributed by atoms with Gasteiger partial charge in [-0.1, -0.05) is 13.3 Å². The Labute approximate surface area is 123 Å². The lowest BCUT2D eigenvalue weighted by Gasteiger charge is -2.29. The van der Waals surface area contributed by atoms with E-state index in [4.69, 9.17) is 4.74 Å². The van der Waals surface area contributed by atoms with Gasteiger partial charge >= 0.3 is 0 Å². The van der Waals surface area contributed by atoms with E-state index in [2.05, 4.69) is 51.2 Å². The molecular formula is C18H29NO. The Bertz CT molecular complexity index is 419. The molecule has 1 N–H and O–H groups in total. The highest BCUT2D eigenvalue weighted by Gasteiger charge is 2.20. The van der Waals surface area contributed by atoms with Crippen molar-refractivity contribution >= 4 is 5.69 Å². The molecule has 0 atom stereocenters. The molecule has 0 saturated heterocycles. The molecule has 0 radical (unpaired) electrons. The van der Waals surface area contributed by atoms with Crippen LogP contribution in [0.5, 0.6) is 5.75 Å². The van der Waals surface area contributed by atoms with Crippen molar-refractivity contribution in [1.82, 2.24) is 0 Å². The lowest BCUT2D eigenvalue weighted by molar-refractivity contribution is 0.242. The molecule has 112 valence electrons. The summed E-state index contributed by atoms with van der Waals surface area (Å²) in [5, 5.41) is 3.72. The van der Waals surface area contributed by atoms with Crippen molar-refractivity contribution in [3.63, 3.8) is 0 Å². The van der Waals surface area contributed by atoms with Crippen LogP contribution in [0.15, 0.2) is 18.2 Å². The largest absolute Gasteiger partial charge is 0.491 e. The zero-order valence-corrected chi connectivity index (χ0v) is 13.4. The van der Waals surface area contributed by atoms with Crippen LogP contribution in [0.4, 0.5) is 5.69 Å². The Balaban J connectivity index is 1.93. The Morgan fingerprint density at radius 1 is 1.20 bits per heavy atom. The van der Waals surface area contributed by atoms with Gasteiger partial charge in [-0.15, -0.1) is 0 Å². The normalized spacial score (nSPS) is 22.9. The quantitative estimate of drug-likeness (QED) is 0.801. The van der Waals surface area contributed by atoms with Crippen LogP contribution in [0.2, 0.25) is 0 Å². The Morgan fingerprint density at radius 3 is 2.45 bits per heavy atom. The zero-order chi connectivity index (χ0) is 14.5. The van der Waals surface area contributed by atoms with Gasteiger partial charge in [0, 0.05) is 11.7 Å². The molecule has 0 bridgehead atoms. The number of anilines is 1. The van der Waals surface area contributed by atoms with Gasteiger partial charge in [-0.05, 0) is 76.1 Å². The van der Waals surface area contributed by atoms with Gasteiger partial charge in [0.1, 0.15) is 5.75 Å². The van der Waals surface area contributed by atoms with E-state index in [0.29, 0.717) is 6.04 Å². The minimum absolute atomic E-state index is 0.234. The van der Waals surface area contributed by atoms with Crippen LogP contribution in [0.25, 0.3) is 0 Å². The average molecular weight is 275 g/mol. The van der Waals surface area contributed by atoms with Crippen molar-refractivity contribution in [3.8, 4) is 5.75 Å². The first-order chi connectivity index (χ1) is 9.58.